The average Bonchev–Trinajstić information content (AvgIpc) is 3.56. The molecule has 0 bridgehead atoms. The lowest BCUT2D eigenvalue weighted by molar-refractivity contribution is -0.111. The van der Waals surface area contributed by atoms with Gasteiger partial charge in [-0.2, -0.15) is 0 Å². The van der Waals surface area contributed by atoms with E-state index in [0.717, 1.165) is 51.0 Å². The van der Waals surface area contributed by atoms with Crippen molar-refractivity contribution in [1.82, 2.24) is 25.8 Å². The molecule has 290 valence electrons. The fraction of sp³-hybridized carbons (Fsp3) is 0.595. The Kier molecular flexibility index (Phi) is 36.0. The van der Waals surface area contributed by atoms with Crippen LogP contribution >= 0.6 is 0 Å². The van der Waals surface area contributed by atoms with Gasteiger partial charge in [-0.15, -0.1) is 0 Å². The van der Waals surface area contributed by atoms with Crippen molar-refractivity contribution in [2.45, 2.75) is 94.8 Å². The molecular formula is C37H69FN6O6. The number of hydrogen-bond donors (Lipinski definition) is 8. The normalized spacial score (nSPS) is 12.4. The van der Waals surface area contributed by atoms with Crippen LogP contribution in [0.2, 0.25) is 0 Å². The van der Waals surface area contributed by atoms with Gasteiger partial charge in [0.05, 0.1) is 23.3 Å². The molecule has 0 spiro atoms. The minimum atomic E-state index is -0.404. The summed E-state index contributed by atoms with van der Waals surface area (Å²) in [6.07, 6.45) is 2.11. The van der Waals surface area contributed by atoms with Crippen molar-refractivity contribution in [3.63, 3.8) is 0 Å². The first kappa shape index (κ1) is 53.2. The minimum absolute atomic E-state index is 0.157. The zero-order chi connectivity index (χ0) is 39.8. The lowest BCUT2D eigenvalue weighted by Crippen LogP contribution is -2.28. The number of carbonyl (C=O) groups excluding carboxylic acids is 3. The number of hydrogen-bond acceptors (Lipinski definition) is 8. The number of carbonyl (C=O) groups is 3. The summed E-state index contributed by atoms with van der Waals surface area (Å²) in [6.45, 7) is 25.3. The zero-order valence-electron chi connectivity index (χ0n) is 33.2. The highest BCUT2D eigenvalue weighted by Gasteiger charge is 2.26. The second kappa shape index (κ2) is 33.9. The summed E-state index contributed by atoms with van der Waals surface area (Å²) in [7, 11) is 4.95. The lowest BCUT2D eigenvalue weighted by Gasteiger charge is -2.11. The Bertz CT molecular complexity index is 1190. The molecule has 2 unspecified atom stereocenters. The van der Waals surface area contributed by atoms with Crippen LogP contribution in [-0.4, -0.2) is 110 Å². The van der Waals surface area contributed by atoms with Crippen molar-refractivity contribution in [3.05, 3.63) is 52.1 Å². The standard InChI is InChI=1S/C18H18FN3O2.C6H14N2O.C5H12O2.C3H9N.2C2H6.CH4O/c1-4-20-18(24)16-9(2)15(21-10(16)3)8-13-12-7-11(19)5-6-14(12)22-17(13)23;1-3-8(2)5-4-7-6-9;1-4(6)3-5(2)7;1-3-4-2;3*1-2/h5-8,21H,4H2,1-3H3,(H,20,24)(H,22,23);6H,3-5H2,1-2H3,(H,7,9);4-7H,3H2,1-2H3;4H,3H2,1-2H3;2*1-2H3;2H,1H3/b13-8-;;;;;;. The number of nitrogens with zero attached hydrogens (tertiary/aromatic N) is 1. The second-order valence-electron chi connectivity index (χ2n) is 10.3. The smallest absolute Gasteiger partial charge is 0.256 e. The highest BCUT2D eigenvalue weighted by atomic mass is 19.1. The fourth-order valence-electron chi connectivity index (χ4n) is 3.92. The molecule has 0 saturated carbocycles. The molecule has 3 rings (SSSR count). The summed E-state index contributed by atoms with van der Waals surface area (Å²) in [5, 5.41) is 35.1. The number of fused-ring (bicyclic) bond motifs is 1. The predicted octanol–water partition coefficient (Wildman–Crippen LogP) is 4.72. The Morgan fingerprint density at radius 1 is 1.02 bits per heavy atom. The summed E-state index contributed by atoms with van der Waals surface area (Å²) >= 11 is 0. The van der Waals surface area contributed by atoms with E-state index in [4.69, 9.17) is 15.3 Å². The van der Waals surface area contributed by atoms with Crippen molar-refractivity contribution < 1.29 is 34.1 Å². The van der Waals surface area contributed by atoms with Gasteiger partial charge in [0.15, 0.2) is 0 Å². The van der Waals surface area contributed by atoms with Crippen molar-refractivity contribution >= 4 is 35.6 Å². The maximum absolute atomic E-state index is 13.5. The van der Waals surface area contributed by atoms with Crippen LogP contribution < -0.4 is 21.3 Å². The first-order chi connectivity index (χ1) is 23.8. The fourth-order valence-corrected chi connectivity index (χ4v) is 3.92. The number of rotatable bonds is 11. The van der Waals surface area contributed by atoms with Crippen LogP contribution in [0, 0.1) is 19.7 Å². The molecule has 50 heavy (non-hydrogen) atoms. The Morgan fingerprint density at radius 3 is 1.98 bits per heavy atom. The van der Waals surface area contributed by atoms with Crippen LogP contribution in [0.25, 0.3) is 11.6 Å². The van der Waals surface area contributed by atoms with Gasteiger partial charge in [0.25, 0.3) is 11.8 Å². The lowest BCUT2D eigenvalue weighted by atomic mass is 10.0. The molecule has 0 saturated heterocycles. The van der Waals surface area contributed by atoms with E-state index in [1.165, 1.54) is 18.2 Å². The van der Waals surface area contributed by atoms with Crippen molar-refractivity contribution in [3.8, 4) is 0 Å². The quantitative estimate of drug-likeness (QED) is 0.0937. The van der Waals surface area contributed by atoms with Crippen molar-refractivity contribution in [2.75, 3.05) is 59.2 Å². The number of halogens is 1. The van der Waals surface area contributed by atoms with Crippen LogP contribution in [0.5, 0.6) is 0 Å². The van der Waals surface area contributed by atoms with E-state index in [2.05, 4.69) is 45.0 Å². The molecule has 1 aromatic heterocycles. The Labute approximate surface area is 301 Å². The molecule has 2 aromatic rings. The van der Waals surface area contributed by atoms with Crippen LogP contribution in [0.4, 0.5) is 10.1 Å². The van der Waals surface area contributed by atoms with E-state index >= 15 is 0 Å². The van der Waals surface area contributed by atoms with Crippen molar-refractivity contribution in [2.24, 2.45) is 0 Å². The topological polar surface area (TPSA) is 179 Å². The number of benzene rings is 1. The molecule has 12 nitrogen and oxygen atoms in total. The molecule has 2 heterocycles. The van der Waals surface area contributed by atoms with Gasteiger partial charge < -0.3 is 46.5 Å². The van der Waals surface area contributed by atoms with E-state index in [-0.39, 0.29) is 24.0 Å². The number of aliphatic hydroxyl groups is 3. The number of amides is 3. The van der Waals surface area contributed by atoms with Gasteiger partial charge in [0.2, 0.25) is 6.41 Å². The maximum atomic E-state index is 13.5. The number of aryl methyl sites for hydroxylation is 1. The number of aromatic amines is 1. The van der Waals surface area contributed by atoms with Gasteiger partial charge >= 0.3 is 0 Å². The Balaban J connectivity index is -0.000000336. The van der Waals surface area contributed by atoms with E-state index in [1.54, 1.807) is 19.9 Å². The molecule has 1 aromatic carbocycles. The number of likely N-dealkylation sites (N-methyl/N-ethyl adjacent to an activating group) is 1. The summed E-state index contributed by atoms with van der Waals surface area (Å²) in [4.78, 5) is 39.4. The van der Waals surface area contributed by atoms with Crippen LogP contribution in [0.15, 0.2) is 18.2 Å². The molecule has 13 heteroatoms. The SMILES string of the molecule is CC.CC.CC(O)CC(C)O.CCN(C)CCNC=O.CCNC.CCNC(=O)c1c(C)[nH]c(/C=C2\C(=O)Nc3ccc(F)cc32)c1C.CO. The maximum Gasteiger partial charge on any atom is 0.256 e. The molecule has 2 atom stereocenters. The second-order valence-corrected chi connectivity index (χ2v) is 10.3. The Morgan fingerprint density at radius 2 is 1.56 bits per heavy atom. The molecular weight excluding hydrogens is 643 g/mol. The third-order valence-corrected chi connectivity index (χ3v) is 6.39. The number of nitrogens with one attached hydrogen (secondary N) is 5. The summed E-state index contributed by atoms with van der Waals surface area (Å²) < 4.78 is 13.5. The van der Waals surface area contributed by atoms with Gasteiger partial charge in [-0.3, -0.25) is 14.4 Å². The molecule has 1 aliphatic heterocycles. The predicted molar refractivity (Wildman–Crippen MR) is 207 cm³/mol. The zero-order valence-corrected chi connectivity index (χ0v) is 33.2. The molecule has 0 radical (unpaired) electrons. The van der Waals surface area contributed by atoms with E-state index in [0.29, 0.717) is 41.0 Å². The number of aliphatic hydroxyl groups excluding tert-OH is 3. The van der Waals surface area contributed by atoms with Crippen LogP contribution in [0.3, 0.4) is 0 Å². The summed E-state index contributed by atoms with van der Waals surface area (Å²) in [6, 6.07) is 4.17. The monoisotopic (exact) mass is 713 g/mol. The highest BCUT2D eigenvalue weighted by Crippen LogP contribution is 2.34. The number of anilines is 1. The van der Waals surface area contributed by atoms with Gasteiger partial charge in [0.1, 0.15) is 5.82 Å². The van der Waals surface area contributed by atoms with E-state index < -0.39 is 5.82 Å². The molecule has 3 amide bonds. The third-order valence-electron chi connectivity index (χ3n) is 6.39. The summed E-state index contributed by atoms with van der Waals surface area (Å²) in [5.74, 6) is -0.851. The van der Waals surface area contributed by atoms with Gasteiger partial charge in [0, 0.05) is 49.4 Å². The van der Waals surface area contributed by atoms with Crippen LogP contribution in [-0.2, 0) is 9.59 Å². The number of H-pyrrole nitrogens is 1. The van der Waals surface area contributed by atoms with Crippen molar-refractivity contribution in [1.29, 1.82) is 0 Å². The average molecular weight is 713 g/mol. The molecule has 0 aliphatic carbocycles. The van der Waals surface area contributed by atoms with Gasteiger partial charge in [-0.25, -0.2) is 4.39 Å². The van der Waals surface area contributed by atoms with Crippen LogP contribution in [0.1, 0.15) is 102 Å². The van der Waals surface area contributed by atoms with E-state index in [9.17, 15) is 18.8 Å². The Hall–Kier alpha value is -3.62. The first-order valence-corrected chi connectivity index (χ1v) is 17.4. The third kappa shape index (κ3) is 22.9. The molecule has 1 aliphatic rings. The first-order valence-electron chi connectivity index (χ1n) is 17.4. The van der Waals surface area contributed by atoms with Gasteiger partial charge in [-0.05, 0) is 98.1 Å². The van der Waals surface area contributed by atoms with Gasteiger partial charge in [-0.1, -0.05) is 41.5 Å². The molecule has 8 N–H and O–H groups in total. The minimum Gasteiger partial charge on any atom is -0.400 e. The van der Waals surface area contributed by atoms with E-state index in [1.807, 2.05) is 62.6 Å². The highest BCUT2D eigenvalue weighted by molar-refractivity contribution is 6.34. The summed E-state index contributed by atoms with van der Waals surface area (Å²) in [5.41, 5.74) is 4.18. The molecule has 0 fully saturated rings. The number of aromatic nitrogens is 1. The largest absolute Gasteiger partial charge is 0.400 e.